The Kier molecular flexibility index (Phi) is 4.19. The van der Waals surface area contributed by atoms with Crippen LogP contribution in [0.1, 0.15) is 59.5 Å². The number of amides is 1. The predicted molar refractivity (Wildman–Crippen MR) is 102 cm³/mol. The van der Waals surface area contributed by atoms with Gasteiger partial charge in [-0.2, -0.15) is 0 Å². The highest BCUT2D eigenvalue weighted by Gasteiger charge is 2.35. The van der Waals surface area contributed by atoms with Crippen LogP contribution in [0, 0.1) is 5.82 Å². The minimum absolute atomic E-state index is 0.0240. The number of likely N-dealkylation sites (tertiary alicyclic amines) is 1. The van der Waals surface area contributed by atoms with Crippen LogP contribution < -0.4 is 0 Å². The van der Waals surface area contributed by atoms with E-state index < -0.39 is 0 Å². The Balaban J connectivity index is 1.48. The quantitative estimate of drug-likeness (QED) is 0.661. The summed E-state index contributed by atoms with van der Waals surface area (Å²) in [6, 6.07) is 6.64. The number of nitrogens with zero attached hydrogens (tertiary/aromatic N) is 4. The van der Waals surface area contributed by atoms with Crippen molar-refractivity contribution < 1.29 is 9.18 Å². The summed E-state index contributed by atoms with van der Waals surface area (Å²) in [6.07, 6.45) is 6.32. The van der Waals surface area contributed by atoms with Crippen LogP contribution in [-0.4, -0.2) is 32.1 Å². The lowest BCUT2D eigenvalue weighted by Crippen LogP contribution is -2.31. The van der Waals surface area contributed by atoms with Crippen molar-refractivity contribution in [3.8, 4) is 0 Å². The molecule has 1 unspecified atom stereocenters. The van der Waals surface area contributed by atoms with Crippen LogP contribution in [0.15, 0.2) is 24.3 Å². The first kappa shape index (κ1) is 16.9. The normalized spacial score (nSPS) is 20.0. The van der Waals surface area contributed by atoms with Crippen molar-refractivity contribution in [3.63, 3.8) is 0 Å². The van der Waals surface area contributed by atoms with E-state index in [0.717, 1.165) is 55.0 Å². The number of fused-ring (bicyclic) bond motifs is 2. The smallest absolute Gasteiger partial charge is 0.264 e. The number of hydrogen-bond acceptors (Lipinski definition) is 4. The Bertz CT molecular complexity index is 1010. The molecule has 2 aliphatic rings. The van der Waals surface area contributed by atoms with Crippen LogP contribution in [0.4, 0.5) is 4.39 Å². The molecule has 0 spiro atoms. The number of hydrogen-bond donors (Lipinski definition) is 0. The summed E-state index contributed by atoms with van der Waals surface area (Å²) in [5.41, 5.74) is 0. The number of thiophene rings is 1. The van der Waals surface area contributed by atoms with E-state index in [1.807, 2.05) is 11.0 Å². The Morgan fingerprint density at radius 2 is 2.07 bits per heavy atom. The molecule has 140 valence electrons. The van der Waals surface area contributed by atoms with Gasteiger partial charge in [0.25, 0.3) is 5.91 Å². The summed E-state index contributed by atoms with van der Waals surface area (Å²) in [6.45, 7) is 1.65. The molecule has 5 nitrogen and oxygen atoms in total. The zero-order valence-corrected chi connectivity index (χ0v) is 15.8. The fourth-order valence-electron chi connectivity index (χ4n) is 4.30. The molecule has 1 saturated heterocycles. The highest BCUT2D eigenvalue weighted by molar-refractivity contribution is 7.20. The number of benzene rings is 1. The highest BCUT2D eigenvalue weighted by Crippen LogP contribution is 2.36. The lowest BCUT2D eigenvalue weighted by molar-refractivity contribution is 0.0732. The summed E-state index contributed by atoms with van der Waals surface area (Å²) in [5.74, 6) is 1.67. The van der Waals surface area contributed by atoms with Crippen LogP contribution in [-0.2, 0) is 13.0 Å². The highest BCUT2D eigenvalue weighted by atomic mass is 32.1. The van der Waals surface area contributed by atoms with Crippen LogP contribution in [0.2, 0.25) is 0 Å². The van der Waals surface area contributed by atoms with Gasteiger partial charge in [0, 0.05) is 29.6 Å². The molecule has 27 heavy (non-hydrogen) atoms. The first-order chi connectivity index (χ1) is 13.2. The van der Waals surface area contributed by atoms with Crippen molar-refractivity contribution in [2.75, 3.05) is 6.54 Å². The molecule has 4 heterocycles. The van der Waals surface area contributed by atoms with E-state index in [1.54, 1.807) is 12.1 Å². The van der Waals surface area contributed by atoms with Gasteiger partial charge in [-0.15, -0.1) is 21.5 Å². The number of rotatable bonds is 2. The maximum absolute atomic E-state index is 14.0. The van der Waals surface area contributed by atoms with E-state index in [2.05, 4.69) is 14.8 Å². The van der Waals surface area contributed by atoms with Crippen molar-refractivity contribution in [2.45, 2.75) is 51.1 Å². The largest absolute Gasteiger partial charge is 0.328 e. The van der Waals surface area contributed by atoms with Gasteiger partial charge >= 0.3 is 0 Å². The van der Waals surface area contributed by atoms with Crippen molar-refractivity contribution >= 4 is 27.3 Å². The molecule has 1 atom stereocenters. The molecule has 0 radical (unpaired) electrons. The minimum Gasteiger partial charge on any atom is -0.328 e. The number of aryl methyl sites for hydroxylation is 1. The van der Waals surface area contributed by atoms with Crippen molar-refractivity contribution in [1.82, 2.24) is 19.7 Å². The molecule has 3 aromatic rings. The summed E-state index contributed by atoms with van der Waals surface area (Å²) in [5, 5.41) is 9.40. The first-order valence-corrected chi connectivity index (χ1v) is 10.4. The van der Waals surface area contributed by atoms with Gasteiger partial charge in [0.05, 0.1) is 10.9 Å². The van der Waals surface area contributed by atoms with Crippen LogP contribution >= 0.6 is 11.3 Å². The van der Waals surface area contributed by atoms with Gasteiger partial charge in [-0.25, -0.2) is 4.39 Å². The Hall–Kier alpha value is -2.28. The van der Waals surface area contributed by atoms with Crippen LogP contribution in [0.25, 0.3) is 10.1 Å². The van der Waals surface area contributed by atoms with E-state index in [4.69, 9.17) is 0 Å². The summed E-state index contributed by atoms with van der Waals surface area (Å²) >= 11 is 1.36. The molecular weight excluding hydrogens is 363 g/mol. The average Bonchev–Trinajstić information content (AvgIpc) is 3.36. The Labute approximate surface area is 160 Å². The zero-order chi connectivity index (χ0) is 18.4. The zero-order valence-electron chi connectivity index (χ0n) is 15.0. The standard InChI is InChI=1S/C20H21FN4OS/c21-14-6-4-8-16-13(14)12-17(27-16)20(26)24-11-5-7-15(24)19-23-22-18-9-2-1-3-10-25(18)19/h4,6,8,12,15H,1-3,5,7,9-11H2. The third kappa shape index (κ3) is 2.84. The topological polar surface area (TPSA) is 51.0 Å². The molecule has 1 fully saturated rings. The second kappa shape index (κ2) is 6.71. The molecule has 0 saturated carbocycles. The SMILES string of the molecule is O=C(c1cc2c(F)cccc2s1)N1CCCC1c1nnc2n1CCCCC2. The molecule has 5 rings (SSSR count). The van der Waals surface area contributed by atoms with Gasteiger partial charge in [0.2, 0.25) is 0 Å². The Morgan fingerprint density at radius 3 is 2.96 bits per heavy atom. The number of carbonyl (C=O) groups excluding carboxylic acids is 1. The molecule has 0 bridgehead atoms. The molecule has 7 heteroatoms. The fourth-order valence-corrected chi connectivity index (χ4v) is 5.34. The van der Waals surface area contributed by atoms with Gasteiger partial charge in [0.15, 0.2) is 5.82 Å². The lowest BCUT2D eigenvalue weighted by Gasteiger charge is -2.24. The molecular formula is C20H21FN4OS. The third-order valence-electron chi connectivity index (χ3n) is 5.67. The lowest BCUT2D eigenvalue weighted by atomic mass is 10.2. The average molecular weight is 384 g/mol. The van der Waals surface area contributed by atoms with Gasteiger partial charge in [-0.1, -0.05) is 12.5 Å². The predicted octanol–water partition coefficient (Wildman–Crippen LogP) is 4.34. The fraction of sp³-hybridized carbons (Fsp3) is 0.450. The summed E-state index contributed by atoms with van der Waals surface area (Å²) < 4.78 is 17.1. The van der Waals surface area contributed by atoms with E-state index in [0.29, 0.717) is 16.8 Å². The monoisotopic (exact) mass is 384 g/mol. The minimum atomic E-state index is -0.274. The van der Waals surface area contributed by atoms with Crippen LogP contribution in [0.5, 0.6) is 0 Å². The second-order valence-electron chi connectivity index (χ2n) is 7.36. The molecule has 2 aromatic heterocycles. The van der Waals surface area contributed by atoms with E-state index in [-0.39, 0.29) is 17.8 Å². The van der Waals surface area contributed by atoms with Gasteiger partial charge < -0.3 is 9.47 Å². The van der Waals surface area contributed by atoms with Crippen molar-refractivity contribution in [1.29, 1.82) is 0 Å². The number of aromatic nitrogens is 3. The molecule has 0 aliphatic carbocycles. The van der Waals surface area contributed by atoms with E-state index >= 15 is 0 Å². The first-order valence-electron chi connectivity index (χ1n) is 9.63. The third-order valence-corrected chi connectivity index (χ3v) is 6.76. The van der Waals surface area contributed by atoms with Crippen molar-refractivity contribution in [3.05, 3.63) is 46.6 Å². The summed E-state index contributed by atoms with van der Waals surface area (Å²) in [7, 11) is 0. The van der Waals surface area contributed by atoms with Crippen LogP contribution in [0.3, 0.4) is 0 Å². The molecule has 2 aliphatic heterocycles. The Morgan fingerprint density at radius 1 is 1.15 bits per heavy atom. The van der Waals surface area contributed by atoms with Gasteiger partial charge in [-0.05, 0) is 43.9 Å². The van der Waals surface area contributed by atoms with Gasteiger partial charge in [-0.3, -0.25) is 4.79 Å². The number of carbonyl (C=O) groups is 1. The van der Waals surface area contributed by atoms with E-state index in [1.165, 1.54) is 23.8 Å². The summed E-state index contributed by atoms with van der Waals surface area (Å²) in [4.78, 5) is 15.7. The maximum atomic E-state index is 14.0. The molecule has 1 amide bonds. The van der Waals surface area contributed by atoms with E-state index in [9.17, 15) is 9.18 Å². The number of halogens is 1. The maximum Gasteiger partial charge on any atom is 0.264 e. The van der Waals surface area contributed by atoms with Crippen molar-refractivity contribution in [2.24, 2.45) is 0 Å². The molecule has 1 aromatic carbocycles. The molecule has 0 N–H and O–H groups in total. The second-order valence-corrected chi connectivity index (χ2v) is 8.44. The van der Waals surface area contributed by atoms with Gasteiger partial charge in [0.1, 0.15) is 11.6 Å².